The molecule has 0 bridgehead atoms. The number of hydrogen-bond donors (Lipinski definition) is 0. The zero-order valence-electron chi connectivity index (χ0n) is 10.5. The fourth-order valence-corrected chi connectivity index (χ4v) is 3.70. The molecule has 2 nitrogen and oxygen atoms in total. The predicted molar refractivity (Wildman–Crippen MR) is 79.2 cm³/mol. The Balaban J connectivity index is 2.18. The number of carbonyl (C=O) groups excluding carboxylic acids is 1. The summed E-state index contributed by atoms with van der Waals surface area (Å²) in [7, 11) is 0. The minimum Gasteiger partial charge on any atom is -0.466 e. The second-order valence-electron chi connectivity index (χ2n) is 4.10. The summed E-state index contributed by atoms with van der Waals surface area (Å²) in [6, 6.07) is 6.30. The van der Waals surface area contributed by atoms with Gasteiger partial charge in [-0.15, -0.1) is 11.3 Å². The zero-order valence-corrected chi connectivity index (χ0v) is 12.9. The van der Waals surface area contributed by atoms with Gasteiger partial charge in [-0.3, -0.25) is 4.79 Å². The van der Waals surface area contributed by atoms with Crippen LogP contribution in [0.4, 0.5) is 0 Å². The molecule has 0 saturated carbocycles. The van der Waals surface area contributed by atoms with E-state index in [1.165, 1.54) is 20.5 Å². The first-order valence-electron chi connectivity index (χ1n) is 5.95. The molecule has 0 aliphatic rings. The van der Waals surface area contributed by atoms with Gasteiger partial charge in [0.2, 0.25) is 0 Å². The molecule has 1 heterocycles. The fraction of sp³-hybridized carbons (Fsp3) is 0.357. The van der Waals surface area contributed by atoms with E-state index in [0.29, 0.717) is 13.0 Å². The Bertz CT molecular complexity index is 574. The van der Waals surface area contributed by atoms with E-state index < -0.39 is 0 Å². The average Bonchev–Trinajstić information content (AvgIpc) is 2.63. The maximum atomic E-state index is 11.4. The Morgan fingerprint density at radius 2 is 2.22 bits per heavy atom. The van der Waals surface area contributed by atoms with Crippen LogP contribution in [0.3, 0.4) is 0 Å². The number of ether oxygens (including phenoxy) is 1. The smallest absolute Gasteiger partial charge is 0.306 e. The molecule has 1 aromatic carbocycles. The van der Waals surface area contributed by atoms with E-state index in [1.807, 2.05) is 6.92 Å². The Hall–Kier alpha value is -0.870. The van der Waals surface area contributed by atoms with Gasteiger partial charge in [0, 0.05) is 14.0 Å². The standard InChI is InChI=1S/C14H15BrO2S/c1-3-17-14(16)7-6-12-9(2)11-5-4-10(15)8-13(11)18-12/h4-5,8H,3,6-7H2,1-2H3. The zero-order chi connectivity index (χ0) is 13.1. The monoisotopic (exact) mass is 326 g/mol. The van der Waals surface area contributed by atoms with Gasteiger partial charge in [0.15, 0.2) is 0 Å². The van der Waals surface area contributed by atoms with Crippen LogP contribution in [0.5, 0.6) is 0 Å². The van der Waals surface area contributed by atoms with Crippen LogP contribution in [-0.2, 0) is 16.0 Å². The minimum absolute atomic E-state index is 0.115. The number of thiophene rings is 1. The average molecular weight is 327 g/mol. The highest BCUT2D eigenvalue weighted by Gasteiger charge is 2.10. The first-order valence-corrected chi connectivity index (χ1v) is 7.56. The van der Waals surface area contributed by atoms with Crippen LogP contribution < -0.4 is 0 Å². The lowest BCUT2D eigenvalue weighted by molar-refractivity contribution is -0.143. The van der Waals surface area contributed by atoms with Gasteiger partial charge in [-0.1, -0.05) is 22.0 Å². The molecule has 0 aliphatic carbocycles. The molecule has 0 N–H and O–H groups in total. The summed E-state index contributed by atoms with van der Waals surface area (Å²) in [5, 5.41) is 1.28. The third kappa shape index (κ3) is 2.93. The van der Waals surface area contributed by atoms with E-state index in [1.54, 1.807) is 11.3 Å². The summed E-state index contributed by atoms with van der Waals surface area (Å²) in [5.41, 5.74) is 1.28. The third-order valence-corrected chi connectivity index (χ3v) is 4.67. The third-order valence-electron chi connectivity index (χ3n) is 2.86. The molecule has 2 rings (SSSR count). The molecule has 96 valence electrons. The number of fused-ring (bicyclic) bond motifs is 1. The molecule has 4 heteroatoms. The molecule has 0 fully saturated rings. The summed E-state index contributed by atoms with van der Waals surface area (Å²) in [6.45, 7) is 4.41. The van der Waals surface area contributed by atoms with Gasteiger partial charge in [0.1, 0.15) is 0 Å². The van der Waals surface area contributed by atoms with Crippen LogP contribution in [0.25, 0.3) is 10.1 Å². The molecule has 0 aliphatic heterocycles. The molecule has 0 unspecified atom stereocenters. The molecule has 2 aromatic rings. The van der Waals surface area contributed by atoms with Crippen molar-refractivity contribution in [1.82, 2.24) is 0 Å². The number of esters is 1. The van der Waals surface area contributed by atoms with Crippen molar-refractivity contribution < 1.29 is 9.53 Å². The molecular weight excluding hydrogens is 312 g/mol. The number of aryl methyl sites for hydroxylation is 2. The molecular formula is C14H15BrO2S. The predicted octanol–water partition coefficient (Wildman–Crippen LogP) is 4.47. The van der Waals surface area contributed by atoms with Crippen molar-refractivity contribution in [3.8, 4) is 0 Å². The van der Waals surface area contributed by atoms with Crippen molar-refractivity contribution in [2.24, 2.45) is 0 Å². The van der Waals surface area contributed by atoms with E-state index in [0.717, 1.165) is 10.9 Å². The molecule has 0 radical (unpaired) electrons. The van der Waals surface area contributed by atoms with Gasteiger partial charge in [0.25, 0.3) is 0 Å². The summed E-state index contributed by atoms with van der Waals surface area (Å²) < 4.78 is 7.31. The van der Waals surface area contributed by atoms with Gasteiger partial charge in [-0.05, 0) is 43.4 Å². The number of hydrogen-bond acceptors (Lipinski definition) is 3. The molecule has 0 spiro atoms. The van der Waals surface area contributed by atoms with E-state index in [2.05, 4.69) is 41.1 Å². The second kappa shape index (κ2) is 5.85. The van der Waals surface area contributed by atoms with Crippen molar-refractivity contribution in [2.75, 3.05) is 6.61 Å². The Kier molecular flexibility index (Phi) is 4.40. The van der Waals surface area contributed by atoms with Crippen LogP contribution >= 0.6 is 27.3 Å². The quantitative estimate of drug-likeness (QED) is 0.775. The maximum Gasteiger partial charge on any atom is 0.306 e. The van der Waals surface area contributed by atoms with Crippen LogP contribution in [0.15, 0.2) is 22.7 Å². The Labute approximate surface area is 119 Å². The van der Waals surface area contributed by atoms with Crippen LogP contribution in [0, 0.1) is 6.92 Å². The fourth-order valence-electron chi connectivity index (χ4n) is 1.94. The molecule has 0 amide bonds. The Morgan fingerprint density at radius 3 is 2.94 bits per heavy atom. The van der Waals surface area contributed by atoms with Gasteiger partial charge in [-0.2, -0.15) is 0 Å². The first-order chi connectivity index (χ1) is 8.61. The SMILES string of the molecule is CCOC(=O)CCc1sc2cc(Br)ccc2c1C. The lowest BCUT2D eigenvalue weighted by Gasteiger charge is -2.01. The molecule has 1 aromatic heterocycles. The van der Waals surface area contributed by atoms with Crippen LogP contribution in [-0.4, -0.2) is 12.6 Å². The lowest BCUT2D eigenvalue weighted by Crippen LogP contribution is -2.04. The number of rotatable bonds is 4. The summed E-state index contributed by atoms with van der Waals surface area (Å²) >= 11 is 5.24. The normalized spacial score (nSPS) is 10.8. The number of carbonyl (C=O) groups is 1. The van der Waals surface area contributed by atoms with E-state index in [9.17, 15) is 4.79 Å². The van der Waals surface area contributed by atoms with E-state index >= 15 is 0 Å². The van der Waals surface area contributed by atoms with Crippen molar-refractivity contribution in [3.05, 3.63) is 33.1 Å². The Morgan fingerprint density at radius 1 is 1.44 bits per heavy atom. The topological polar surface area (TPSA) is 26.3 Å². The van der Waals surface area contributed by atoms with Crippen molar-refractivity contribution in [1.29, 1.82) is 0 Å². The lowest BCUT2D eigenvalue weighted by atomic mass is 10.1. The molecule has 0 atom stereocenters. The van der Waals surface area contributed by atoms with E-state index in [-0.39, 0.29) is 5.97 Å². The summed E-state index contributed by atoms with van der Waals surface area (Å²) in [5.74, 6) is -0.115. The van der Waals surface area contributed by atoms with E-state index in [4.69, 9.17) is 4.74 Å². The van der Waals surface area contributed by atoms with Crippen LogP contribution in [0.1, 0.15) is 23.8 Å². The molecule has 0 saturated heterocycles. The number of halogens is 1. The highest BCUT2D eigenvalue weighted by Crippen LogP contribution is 2.33. The highest BCUT2D eigenvalue weighted by molar-refractivity contribution is 9.10. The minimum atomic E-state index is -0.115. The van der Waals surface area contributed by atoms with Crippen molar-refractivity contribution in [3.63, 3.8) is 0 Å². The molecule has 18 heavy (non-hydrogen) atoms. The highest BCUT2D eigenvalue weighted by atomic mass is 79.9. The van der Waals surface area contributed by atoms with Gasteiger partial charge in [-0.25, -0.2) is 0 Å². The van der Waals surface area contributed by atoms with Crippen molar-refractivity contribution >= 4 is 43.3 Å². The van der Waals surface area contributed by atoms with Gasteiger partial charge >= 0.3 is 5.97 Å². The van der Waals surface area contributed by atoms with Crippen molar-refractivity contribution in [2.45, 2.75) is 26.7 Å². The van der Waals surface area contributed by atoms with Crippen LogP contribution in [0.2, 0.25) is 0 Å². The first kappa shape index (κ1) is 13.6. The summed E-state index contributed by atoms with van der Waals surface area (Å²) in [6.07, 6.45) is 1.23. The maximum absolute atomic E-state index is 11.4. The van der Waals surface area contributed by atoms with Gasteiger partial charge in [0.05, 0.1) is 13.0 Å². The summed E-state index contributed by atoms with van der Waals surface area (Å²) in [4.78, 5) is 12.6. The van der Waals surface area contributed by atoms with Gasteiger partial charge < -0.3 is 4.74 Å². The second-order valence-corrected chi connectivity index (χ2v) is 6.15. The number of benzene rings is 1. The largest absolute Gasteiger partial charge is 0.466 e.